The van der Waals surface area contributed by atoms with Gasteiger partial charge in [-0.25, -0.2) is 15.0 Å². The van der Waals surface area contributed by atoms with Gasteiger partial charge >= 0.3 is 18.1 Å². The number of esters is 2. The summed E-state index contributed by atoms with van der Waals surface area (Å²) in [5.41, 5.74) is -0.985. The highest BCUT2D eigenvalue weighted by Crippen LogP contribution is 2.35. The van der Waals surface area contributed by atoms with Crippen LogP contribution in [0, 0.1) is 17.8 Å². The largest absolute Gasteiger partial charge is 0.469 e. The van der Waals surface area contributed by atoms with Gasteiger partial charge in [-0.05, 0) is 31.1 Å². The molecule has 0 saturated heterocycles. The Morgan fingerprint density at radius 2 is 1.76 bits per heavy atom. The molecular formula is C30H40F3N5O6S. The maximum absolute atomic E-state index is 13.3. The summed E-state index contributed by atoms with van der Waals surface area (Å²) < 4.78 is 49.3. The van der Waals surface area contributed by atoms with E-state index in [1.54, 1.807) is 18.9 Å². The molecule has 11 nitrogen and oxygen atoms in total. The van der Waals surface area contributed by atoms with Crippen LogP contribution < -0.4 is 5.32 Å². The Kier molecular flexibility index (Phi) is 12.4. The molecule has 1 N–H and O–H groups in total. The van der Waals surface area contributed by atoms with Crippen LogP contribution in [0.4, 0.5) is 13.2 Å². The van der Waals surface area contributed by atoms with Crippen LogP contribution in [0.25, 0.3) is 0 Å². The van der Waals surface area contributed by atoms with Gasteiger partial charge in [-0.3, -0.25) is 19.2 Å². The first kappa shape index (κ1) is 35.9. The molecule has 4 atom stereocenters. The Balaban J connectivity index is 1.78. The van der Waals surface area contributed by atoms with E-state index in [1.807, 2.05) is 13.8 Å². The van der Waals surface area contributed by atoms with E-state index < -0.39 is 47.6 Å². The van der Waals surface area contributed by atoms with Gasteiger partial charge in [-0.1, -0.05) is 20.8 Å². The van der Waals surface area contributed by atoms with Gasteiger partial charge in [0.25, 0.3) is 5.91 Å². The predicted molar refractivity (Wildman–Crippen MR) is 158 cm³/mol. The van der Waals surface area contributed by atoms with E-state index in [0.717, 1.165) is 24.2 Å². The molecular weight excluding hydrogens is 615 g/mol. The molecule has 0 aromatic carbocycles. The van der Waals surface area contributed by atoms with Crippen LogP contribution in [0.5, 0.6) is 0 Å². The van der Waals surface area contributed by atoms with Crippen LogP contribution in [0.3, 0.4) is 0 Å². The second kappa shape index (κ2) is 15.6. The number of hydrogen-bond acceptors (Lipinski definition) is 10. The second-order valence-electron chi connectivity index (χ2n) is 11.8. The number of nitrogens with one attached hydrogen (secondary N) is 1. The van der Waals surface area contributed by atoms with Gasteiger partial charge in [0.1, 0.15) is 16.5 Å². The average Bonchev–Trinajstić information content (AvgIpc) is 3.64. The third-order valence-corrected chi connectivity index (χ3v) is 8.59. The molecule has 248 valence electrons. The lowest BCUT2D eigenvalue weighted by Crippen LogP contribution is -2.42. The standard InChI is InChI=1S/C30H40F3N5O6S/c1-16(2)23(38(5)26(40)10-19-7-8-19)12-24(44-18(4)39)28-37-22(15-45-28)27(41)36-21(9-17(3)29(42)43-6)11-25-34-13-20(14-35-25)30(31,32)33/h13-17,19,21,23-24H,7-12H2,1-6H3,(H,36,41). The molecule has 1 saturated carbocycles. The number of nitrogens with zero attached hydrogens (tertiary/aromatic N) is 4. The van der Waals surface area contributed by atoms with Crippen molar-refractivity contribution in [3.05, 3.63) is 39.9 Å². The second-order valence-corrected chi connectivity index (χ2v) is 12.7. The minimum absolute atomic E-state index is 0.0236. The molecule has 0 spiro atoms. The van der Waals surface area contributed by atoms with Gasteiger partial charge in [-0.15, -0.1) is 11.3 Å². The zero-order valence-corrected chi connectivity index (χ0v) is 27.0. The highest BCUT2D eigenvalue weighted by molar-refractivity contribution is 7.09. The van der Waals surface area contributed by atoms with E-state index in [2.05, 4.69) is 20.3 Å². The van der Waals surface area contributed by atoms with Crippen molar-refractivity contribution in [2.24, 2.45) is 17.8 Å². The quantitative estimate of drug-likeness (QED) is 0.269. The van der Waals surface area contributed by atoms with Crippen LogP contribution in [0.2, 0.25) is 0 Å². The number of ether oxygens (including phenoxy) is 2. The first-order chi connectivity index (χ1) is 21.1. The summed E-state index contributed by atoms with van der Waals surface area (Å²) in [5.74, 6) is -1.79. The smallest absolute Gasteiger partial charge is 0.419 e. The molecule has 2 amide bonds. The van der Waals surface area contributed by atoms with Gasteiger partial charge in [0.15, 0.2) is 6.10 Å². The molecule has 0 aliphatic heterocycles. The van der Waals surface area contributed by atoms with Crippen molar-refractivity contribution >= 4 is 35.1 Å². The van der Waals surface area contributed by atoms with Gasteiger partial charge < -0.3 is 19.7 Å². The average molecular weight is 656 g/mol. The number of hydrogen-bond donors (Lipinski definition) is 1. The lowest BCUT2D eigenvalue weighted by Gasteiger charge is -2.33. The normalized spacial score (nSPS) is 16.0. The van der Waals surface area contributed by atoms with E-state index in [1.165, 1.54) is 19.4 Å². The number of halogens is 3. The topological polar surface area (TPSA) is 141 Å². The SMILES string of the molecule is COC(=O)C(C)CC(Cc1ncc(C(F)(F)F)cn1)NC(=O)c1csc(C(CC(C(C)C)N(C)C(=O)CC2CC2)OC(C)=O)n1. The molecule has 0 bridgehead atoms. The first-order valence-electron chi connectivity index (χ1n) is 14.7. The van der Waals surface area contributed by atoms with Crippen molar-refractivity contribution in [1.29, 1.82) is 0 Å². The Hall–Kier alpha value is -3.62. The molecule has 15 heteroatoms. The van der Waals surface area contributed by atoms with E-state index >= 15 is 0 Å². The summed E-state index contributed by atoms with van der Waals surface area (Å²) in [5, 5.41) is 4.65. The Morgan fingerprint density at radius 3 is 2.29 bits per heavy atom. The number of alkyl halides is 3. The molecule has 2 heterocycles. The van der Waals surface area contributed by atoms with Gasteiger partial charge in [0.05, 0.1) is 18.6 Å². The van der Waals surface area contributed by atoms with Crippen LogP contribution in [0.1, 0.15) is 92.8 Å². The maximum atomic E-state index is 13.3. The van der Waals surface area contributed by atoms with Gasteiger partial charge in [0.2, 0.25) is 5.91 Å². The molecule has 45 heavy (non-hydrogen) atoms. The third kappa shape index (κ3) is 10.8. The zero-order chi connectivity index (χ0) is 33.5. The number of carbonyl (C=O) groups excluding carboxylic acids is 4. The van der Waals surface area contributed by atoms with Crippen molar-refractivity contribution in [2.45, 2.75) is 90.6 Å². The van der Waals surface area contributed by atoms with Crippen LogP contribution in [-0.4, -0.2) is 69.8 Å². The number of rotatable bonds is 15. The van der Waals surface area contributed by atoms with Crippen molar-refractivity contribution in [1.82, 2.24) is 25.2 Å². The number of thiazole rings is 1. The fourth-order valence-corrected chi connectivity index (χ4v) is 5.78. The molecule has 1 fully saturated rings. The fraction of sp³-hybridized carbons (Fsp3) is 0.633. The Labute approximate surface area is 264 Å². The lowest BCUT2D eigenvalue weighted by atomic mass is 9.96. The third-order valence-electron chi connectivity index (χ3n) is 7.65. The Bertz CT molecular complexity index is 1330. The summed E-state index contributed by atoms with van der Waals surface area (Å²) in [6, 6.07) is -1.01. The van der Waals surface area contributed by atoms with Crippen molar-refractivity contribution < 1.29 is 41.8 Å². The first-order valence-corrected chi connectivity index (χ1v) is 15.6. The van der Waals surface area contributed by atoms with E-state index in [4.69, 9.17) is 9.47 Å². The highest BCUT2D eigenvalue weighted by Gasteiger charge is 2.34. The minimum atomic E-state index is -4.60. The van der Waals surface area contributed by atoms with E-state index in [9.17, 15) is 32.3 Å². The summed E-state index contributed by atoms with van der Waals surface area (Å²) in [4.78, 5) is 64.0. The molecule has 4 unspecified atom stereocenters. The molecule has 3 rings (SSSR count). The van der Waals surface area contributed by atoms with Crippen LogP contribution >= 0.6 is 11.3 Å². The van der Waals surface area contributed by atoms with Gasteiger partial charge in [0, 0.05) is 63.1 Å². The molecule has 1 aliphatic rings. The number of amides is 2. The van der Waals surface area contributed by atoms with Crippen LogP contribution in [0.15, 0.2) is 17.8 Å². The van der Waals surface area contributed by atoms with Crippen molar-refractivity contribution in [3.63, 3.8) is 0 Å². The predicted octanol–water partition coefficient (Wildman–Crippen LogP) is 4.77. The number of methoxy groups -OCH3 is 1. The monoisotopic (exact) mass is 655 g/mol. The highest BCUT2D eigenvalue weighted by atomic mass is 32.1. The minimum Gasteiger partial charge on any atom is -0.469 e. The summed E-state index contributed by atoms with van der Waals surface area (Å²) in [7, 11) is 2.98. The molecule has 1 aliphatic carbocycles. The molecule has 2 aromatic heterocycles. The number of carbonyl (C=O) groups is 4. The maximum Gasteiger partial charge on any atom is 0.419 e. The summed E-state index contributed by atoms with van der Waals surface area (Å²) >= 11 is 1.12. The zero-order valence-electron chi connectivity index (χ0n) is 26.2. The van der Waals surface area contributed by atoms with E-state index in [-0.39, 0.29) is 48.6 Å². The van der Waals surface area contributed by atoms with Crippen molar-refractivity contribution in [2.75, 3.05) is 14.2 Å². The lowest BCUT2D eigenvalue weighted by molar-refractivity contribution is -0.148. The Morgan fingerprint density at radius 1 is 1.11 bits per heavy atom. The van der Waals surface area contributed by atoms with E-state index in [0.29, 0.717) is 29.7 Å². The van der Waals surface area contributed by atoms with Crippen LogP contribution in [-0.2, 0) is 36.5 Å². The van der Waals surface area contributed by atoms with Gasteiger partial charge in [-0.2, -0.15) is 13.2 Å². The molecule has 2 aromatic rings. The molecule has 0 radical (unpaired) electrons. The summed E-state index contributed by atoms with van der Waals surface area (Å²) in [6.45, 7) is 6.83. The fourth-order valence-electron chi connectivity index (χ4n) is 4.94. The van der Waals surface area contributed by atoms with Crippen molar-refractivity contribution in [3.8, 4) is 0 Å². The summed E-state index contributed by atoms with van der Waals surface area (Å²) in [6.07, 6.45) is -1.21. The number of aromatic nitrogens is 3.